The number of nitrogens with two attached hydrogens (primary N) is 1. The minimum absolute atomic E-state index is 0.153. The van der Waals surface area contributed by atoms with E-state index in [4.69, 9.17) is 10.8 Å². The highest BCUT2D eigenvalue weighted by Gasteiger charge is 2.13. The number of carbonyl (C=O) groups excluding carboxylic acids is 1. The van der Waals surface area contributed by atoms with E-state index in [1.807, 2.05) is 32.0 Å². The number of para-hydroxylation sites is 1. The molecule has 0 radical (unpaired) electrons. The monoisotopic (exact) mass is 282 g/mol. The van der Waals surface area contributed by atoms with Gasteiger partial charge in [-0.25, -0.2) is 0 Å². The van der Waals surface area contributed by atoms with E-state index in [1.165, 1.54) is 11.8 Å². The van der Waals surface area contributed by atoms with Crippen LogP contribution in [0.15, 0.2) is 18.2 Å². The molecule has 0 unspecified atom stereocenters. The maximum absolute atomic E-state index is 11.7. The van der Waals surface area contributed by atoms with E-state index in [2.05, 4.69) is 5.32 Å². The Morgan fingerprint density at radius 2 is 1.95 bits per heavy atom. The third kappa shape index (κ3) is 4.92. The number of carboxylic acids is 1. The molecule has 0 bridgehead atoms. The summed E-state index contributed by atoms with van der Waals surface area (Å²) in [5.41, 5.74) is 8.17. The van der Waals surface area contributed by atoms with Gasteiger partial charge in [0, 0.05) is 11.4 Å². The first-order chi connectivity index (χ1) is 8.91. The van der Waals surface area contributed by atoms with E-state index >= 15 is 0 Å². The van der Waals surface area contributed by atoms with Gasteiger partial charge in [-0.3, -0.25) is 9.59 Å². The normalized spacial score (nSPS) is 11.9. The summed E-state index contributed by atoms with van der Waals surface area (Å²) in [6.45, 7) is 3.85. The zero-order chi connectivity index (χ0) is 14.4. The molecular weight excluding hydrogens is 264 g/mol. The second-order valence-electron chi connectivity index (χ2n) is 4.27. The van der Waals surface area contributed by atoms with Gasteiger partial charge < -0.3 is 16.2 Å². The molecule has 19 heavy (non-hydrogen) atoms. The zero-order valence-electron chi connectivity index (χ0n) is 11.0. The fourth-order valence-corrected chi connectivity index (χ4v) is 2.31. The molecule has 0 spiro atoms. The predicted molar refractivity (Wildman–Crippen MR) is 77.5 cm³/mol. The number of amides is 1. The molecule has 6 heteroatoms. The Morgan fingerprint density at radius 3 is 2.47 bits per heavy atom. The number of anilines is 1. The first kappa shape index (κ1) is 15.5. The van der Waals surface area contributed by atoms with Crippen LogP contribution in [0.25, 0.3) is 0 Å². The number of hydrogen-bond acceptors (Lipinski definition) is 4. The summed E-state index contributed by atoms with van der Waals surface area (Å²) >= 11 is 1.21. The van der Waals surface area contributed by atoms with Crippen molar-refractivity contribution in [2.24, 2.45) is 5.73 Å². The van der Waals surface area contributed by atoms with Crippen LogP contribution >= 0.6 is 11.8 Å². The quantitative estimate of drug-likeness (QED) is 0.733. The van der Waals surface area contributed by atoms with Gasteiger partial charge >= 0.3 is 5.97 Å². The molecule has 0 aliphatic heterocycles. The summed E-state index contributed by atoms with van der Waals surface area (Å²) in [5.74, 6) is -0.799. The third-order valence-corrected chi connectivity index (χ3v) is 3.65. The number of rotatable bonds is 6. The number of hydrogen-bond donors (Lipinski definition) is 3. The van der Waals surface area contributed by atoms with Gasteiger partial charge in [-0.2, -0.15) is 0 Å². The highest BCUT2D eigenvalue weighted by Crippen LogP contribution is 2.19. The van der Waals surface area contributed by atoms with E-state index in [-0.39, 0.29) is 17.4 Å². The lowest BCUT2D eigenvalue weighted by atomic mass is 10.1. The van der Waals surface area contributed by atoms with Gasteiger partial charge in [-0.1, -0.05) is 18.2 Å². The van der Waals surface area contributed by atoms with Crippen LogP contribution in [0.2, 0.25) is 0 Å². The molecule has 0 fully saturated rings. The minimum atomic E-state index is -1.05. The first-order valence-electron chi connectivity index (χ1n) is 5.84. The van der Waals surface area contributed by atoms with E-state index in [9.17, 15) is 9.59 Å². The Bertz CT molecular complexity index is 457. The van der Waals surface area contributed by atoms with Crippen LogP contribution in [-0.2, 0) is 9.59 Å². The summed E-state index contributed by atoms with van der Waals surface area (Å²) in [4.78, 5) is 22.3. The molecule has 0 saturated carbocycles. The lowest BCUT2D eigenvalue weighted by Crippen LogP contribution is -2.33. The topological polar surface area (TPSA) is 92.4 Å². The SMILES string of the molecule is Cc1cccc(C)c1NC(=O)CSC[C@@H](N)C(=O)O. The molecule has 4 N–H and O–H groups in total. The summed E-state index contributed by atoms with van der Waals surface area (Å²) in [6.07, 6.45) is 0. The van der Waals surface area contributed by atoms with Crippen LogP contribution in [-0.4, -0.2) is 34.5 Å². The molecule has 5 nitrogen and oxygen atoms in total. The second-order valence-corrected chi connectivity index (χ2v) is 5.31. The fraction of sp³-hybridized carbons (Fsp3) is 0.385. The number of carboxylic acid groups (broad SMARTS) is 1. The molecular formula is C13H18N2O3S. The molecule has 1 aromatic carbocycles. The standard InChI is InChI=1S/C13H18N2O3S/c1-8-4-3-5-9(2)12(8)15-11(16)7-19-6-10(14)13(17)18/h3-5,10H,6-7,14H2,1-2H3,(H,15,16)(H,17,18)/t10-/m1/s1. The molecule has 1 rings (SSSR count). The molecule has 1 aromatic rings. The van der Waals surface area contributed by atoms with E-state index < -0.39 is 12.0 Å². The maximum Gasteiger partial charge on any atom is 0.321 e. The Hall–Kier alpha value is -1.53. The molecule has 1 atom stereocenters. The minimum Gasteiger partial charge on any atom is -0.480 e. The smallest absolute Gasteiger partial charge is 0.321 e. The molecule has 0 saturated heterocycles. The molecule has 0 aromatic heterocycles. The summed E-state index contributed by atoms with van der Waals surface area (Å²) in [5, 5.41) is 11.4. The van der Waals surface area contributed by atoms with Crippen LogP contribution in [0.4, 0.5) is 5.69 Å². The van der Waals surface area contributed by atoms with Crippen molar-refractivity contribution in [3.05, 3.63) is 29.3 Å². The lowest BCUT2D eigenvalue weighted by molar-refractivity contribution is -0.137. The number of aliphatic carboxylic acids is 1. The zero-order valence-corrected chi connectivity index (χ0v) is 11.8. The maximum atomic E-state index is 11.7. The van der Waals surface area contributed by atoms with Crippen molar-refractivity contribution in [1.29, 1.82) is 0 Å². The summed E-state index contributed by atoms with van der Waals surface area (Å²) in [6, 6.07) is 4.85. The van der Waals surface area contributed by atoms with Crippen molar-refractivity contribution in [2.75, 3.05) is 16.8 Å². The molecule has 104 valence electrons. The van der Waals surface area contributed by atoms with Gasteiger partial charge in [0.1, 0.15) is 6.04 Å². The largest absolute Gasteiger partial charge is 0.480 e. The Balaban J connectivity index is 2.46. The Labute approximate surface area is 116 Å². The fourth-order valence-electron chi connectivity index (χ4n) is 1.54. The van der Waals surface area contributed by atoms with Gasteiger partial charge in [0.25, 0.3) is 0 Å². The lowest BCUT2D eigenvalue weighted by Gasteiger charge is -2.11. The Morgan fingerprint density at radius 1 is 1.37 bits per heavy atom. The number of aryl methyl sites for hydroxylation is 2. The van der Waals surface area contributed by atoms with Crippen molar-refractivity contribution in [2.45, 2.75) is 19.9 Å². The summed E-state index contributed by atoms with van der Waals surface area (Å²) < 4.78 is 0. The van der Waals surface area contributed by atoms with Gasteiger partial charge in [-0.15, -0.1) is 11.8 Å². The van der Waals surface area contributed by atoms with Gasteiger partial charge in [-0.05, 0) is 25.0 Å². The van der Waals surface area contributed by atoms with Crippen LogP contribution in [0.3, 0.4) is 0 Å². The Kier molecular flexibility index (Phi) is 5.85. The van der Waals surface area contributed by atoms with Crippen molar-refractivity contribution >= 4 is 29.3 Å². The van der Waals surface area contributed by atoms with Gasteiger partial charge in [0.15, 0.2) is 0 Å². The number of benzene rings is 1. The molecule has 0 aliphatic carbocycles. The van der Waals surface area contributed by atoms with Crippen LogP contribution in [0, 0.1) is 13.8 Å². The second kappa shape index (κ2) is 7.16. The average Bonchev–Trinajstić information content (AvgIpc) is 2.33. The van der Waals surface area contributed by atoms with E-state index in [0.29, 0.717) is 0 Å². The average molecular weight is 282 g/mol. The van der Waals surface area contributed by atoms with Crippen LogP contribution < -0.4 is 11.1 Å². The van der Waals surface area contributed by atoms with Crippen molar-refractivity contribution < 1.29 is 14.7 Å². The van der Waals surface area contributed by atoms with Gasteiger partial charge in [0.2, 0.25) is 5.91 Å². The predicted octanol–water partition coefficient (Wildman–Crippen LogP) is 1.39. The molecule has 0 heterocycles. The first-order valence-corrected chi connectivity index (χ1v) is 6.99. The van der Waals surface area contributed by atoms with Gasteiger partial charge in [0.05, 0.1) is 5.75 Å². The highest BCUT2D eigenvalue weighted by molar-refractivity contribution is 8.00. The highest BCUT2D eigenvalue weighted by atomic mass is 32.2. The summed E-state index contributed by atoms with van der Waals surface area (Å²) in [7, 11) is 0. The van der Waals surface area contributed by atoms with E-state index in [1.54, 1.807) is 0 Å². The molecule has 0 aliphatic rings. The van der Waals surface area contributed by atoms with Crippen molar-refractivity contribution in [1.82, 2.24) is 0 Å². The van der Waals surface area contributed by atoms with Crippen LogP contribution in [0.5, 0.6) is 0 Å². The molecule has 1 amide bonds. The third-order valence-electron chi connectivity index (χ3n) is 2.59. The number of thioether (sulfide) groups is 1. The van der Waals surface area contributed by atoms with Crippen molar-refractivity contribution in [3.8, 4) is 0 Å². The van der Waals surface area contributed by atoms with Crippen molar-refractivity contribution in [3.63, 3.8) is 0 Å². The number of nitrogens with one attached hydrogen (secondary N) is 1. The number of carbonyl (C=O) groups is 2. The van der Waals surface area contributed by atoms with E-state index in [0.717, 1.165) is 16.8 Å². The van der Waals surface area contributed by atoms with Crippen LogP contribution in [0.1, 0.15) is 11.1 Å².